The number of hydrogen-bond acceptors (Lipinski definition) is 4. The molecule has 0 spiro atoms. The Morgan fingerprint density at radius 2 is 2.00 bits per heavy atom. The molecule has 148 valence electrons. The number of unbranched alkanes of at least 4 members (excludes halogenated alkanes) is 2. The van der Waals surface area contributed by atoms with E-state index in [0.717, 1.165) is 67.4 Å². The number of aryl methyl sites for hydroxylation is 1. The van der Waals surface area contributed by atoms with Gasteiger partial charge in [0.2, 0.25) is 0 Å². The molecule has 0 aliphatic heterocycles. The SMILES string of the molecule is COc1ccc2c(c1)c(C=O)cn2CCCCCN(C)Cc1cccc(O)c1. The lowest BCUT2D eigenvalue weighted by Crippen LogP contribution is -2.19. The summed E-state index contributed by atoms with van der Waals surface area (Å²) in [6.07, 6.45) is 6.15. The molecule has 0 unspecified atom stereocenters. The van der Waals surface area contributed by atoms with Crippen LogP contribution in [0.2, 0.25) is 0 Å². The summed E-state index contributed by atoms with van der Waals surface area (Å²) in [5.74, 6) is 1.08. The molecule has 1 aromatic heterocycles. The molecule has 0 bridgehead atoms. The Morgan fingerprint density at radius 1 is 1.14 bits per heavy atom. The predicted molar refractivity (Wildman–Crippen MR) is 112 cm³/mol. The first-order valence-corrected chi connectivity index (χ1v) is 9.69. The van der Waals surface area contributed by atoms with Gasteiger partial charge in [-0.25, -0.2) is 0 Å². The average Bonchev–Trinajstić information content (AvgIpc) is 3.04. The zero-order chi connectivity index (χ0) is 19.9. The summed E-state index contributed by atoms with van der Waals surface area (Å²) in [5, 5.41) is 10.5. The third-order valence-electron chi connectivity index (χ3n) is 5.05. The Hall–Kier alpha value is -2.79. The third kappa shape index (κ3) is 4.93. The number of ether oxygens (including phenoxy) is 1. The quantitative estimate of drug-likeness (QED) is 0.416. The zero-order valence-corrected chi connectivity index (χ0v) is 16.6. The molecule has 1 heterocycles. The van der Waals surface area contributed by atoms with Gasteiger partial charge in [-0.05, 0) is 62.3 Å². The van der Waals surface area contributed by atoms with Crippen molar-refractivity contribution in [3.63, 3.8) is 0 Å². The van der Waals surface area contributed by atoms with E-state index < -0.39 is 0 Å². The Balaban J connectivity index is 1.48. The summed E-state index contributed by atoms with van der Waals surface area (Å²) < 4.78 is 7.43. The van der Waals surface area contributed by atoms with Gasteiger partial charge >= 0.3 is 0 Å². The fraction of sp³-hybridized carbons (Fsp3) is 0.348. The van der Waals surface area contributed by atoms with Gasteiger partial charge in [0.15, 0.2) is 6.29 Å². The standard InChI is InChI=1S/C23H28N2O3/c1-24(15-18-7-6-8-20(27)13-18)11-4-3-5-12-25-16-19(17-26)22-14-21(28-2)9-10-23(22)25/h6-10,13-14,16-17,27H,3-5,11-12,15H2,1-2H3. The van der Waals surface area contributed by atoms with Crippen LogP contribution in [0, 0.1) is 0 Å². The summed E-state index contributed by atoms with van der Waals surface area (Å²) in [6.45, 7) is 2.74. The maximum Gasteiger partial charge on any atom is 0.152 e. The van der Waals surface area contributed by atoms with Crippen LogP contribution in [0.25, 0.3) is 10.9 Å². The van der Waals surface area contributed by atoms with Gasteiger partial charge < -0.3 is 19.3 Å². The second kappa shape index (κ2) is 9.42. The number of hydrogen-bond donors (Lipinski definition) is 1. The van der Waals surface area contributed by atoms with Crippen LogP contribution in [0.4, 0.5) is 0 Å². The smallest absolute Gasteiger partial charge is 0.152 e. The predicted octanol–water partition coefficient (Wildman–Crippen LogP) is 4.47. The minimum absolute atomic E-state index is 0.317. The van der Waals surface area contributed by atoms with Crippen LogP contribution in [0.1, 0.15) is 35.2 Å². The number of phenolic OH excluding ortho intramolecular Hbond substituents is 1. The van der Waals surface area contributed by atoms with Crippen LogP contribution in [-0.2, 0) is 13.1 Å². The first-order chi connectivity index (χ1) is 13.6. The van der Waals surface area contributed by atoms with Crippen LogP contribution >= 0.6 is 0 Å². The van der Waals surface area contributed by atoms with Crippen LogP contribution in [0.15, 0.2) is 48.7 Å². The molecule has 0 aliphatic carbocycles. The Kier molecular flexibility index (Phi) is 6.71. The summed E-state index contributed by atoms with van der Waals surface area (Å²) in [7, 11) is 3.74. The number of rotatable bonds is 10. The molecule has 5 nitrogen and oxygen atoms in total. The van der Waals surface area contributed by atoms with Crippen molar-refractivity contribution in [1.29, 1.82) is 0 Å². The van der Waals surface area contributed by atoms with Gasteiger partial charge in [0, 0.05) is 35.8 Å². The molecule has 1 N–H and O–H groups in total. The maximum absolute atomic E-state index is 11.4. The minimum atomic E-state index is 0.317. The van der Waals surface area contributed by atoms with E-state index in [0.29, 0.717) is 11.3 Å². The number of phenols is 1. The molecule has 3 rings (SSSR count). The Morgan fingerprint density at radius 3 is 2.75 bits per heavy atom. The molecule has 0 saturated heterocycles. The van der Waals surface area contributed by atoms with Gasteiger partial charge in [-0.2, -0.15) is 0 Å². The van der Waals surface area contributed by atoms with E-state index in [4.69, 9.17) is 4.74 Å². The van der Waals surface area contributed by atoms with Crippen LogP contribution in [0.5, 0.6) is 11.5 Å². The van der Waals surface area contributed by atoms with Crippen molar-refractivity contribution >= 4 is 17.2 Å². The van der Waals surface area contributed by atoms with Crippen molar-refractivity contribution in [2.75, 3.05) is 20.7 Å². The number of aromatic nitrogens is 1. The fourth-order valence-electron chi connectivity index (χ4n) is 3.60. The molecule has 28 heavy (non-hydrogen) atoms. The monoisotopic (exact) mass is 380 g/mol. The normalized spacial score (nSPS) is 11.2. The molecule has 0 saturated carbocycles. The lowest BCUT2D eigenvalue weighted by molar-refractivity contribution is 0.112. The van der Waals surface area contributed by atoms with Crippen molar-refractivity contribution in [1.82, 2.24) is 9.47 Å². The van der Waals surface area contributed by atoms with Crippen LogP contribution in [0.3, 0.4) is 0 Å². The molecule has 5 heteroatoms. The first kappa shape index (κ1) is 20.0. The van der Waals surface area contributed by atoms with Gasteiger partial charge in [0.05, 0.1) is 7.11 Å². The van der Waals surface area contributed by atoms with Crippen molar-refractivity contribution in [3.8, 4) is 11.5 Å². The third-order valence-corrected chi connectivity index (χ3v) is 5.05. The van der Waals surface area contributed by atoms with E-state index in [1.165, 1.54) is 0 Å². The van der Waals surface area contributed by atoms with Gasteiger partial charge in [-0.1, -0.05) is 18.6 Å². The topological polar surface area (TPSA) is 54.7 Å². The molecule has 0 radical (unpaired) electrons. The summed E-state index contributed by atoms with van der Waals surface area (Å²) in [6, 6.07) is 13.3. The van der Waals surface area contributed by atoms with E-state index >= 15 is 0 Å². The van der Waals surface area contributed by atoms with Gasteiger partial charge in [0.25, 0.3) is 0 Å². The van der Waals surface area contributed by atoms with E-state index in [-0.39, 0.29) is 0 Å². The number of carbonyl (C=O) groups excluding carboxylic acids is 1. The van der Waals surface area contributed by atoms with Crippen LogP contribution < -0.4 is 4.74 Å². The second-order valence-electron chi connectivity index (χ2n) is 7.25. The van der Waals surface area contributed by atoms with E-state index in [1.54, 1.807) is 13.2 Å². The van der Waals surface area contributed by atoms with Gasteiger partial charge in [-0.15, -0.1) is 0 Å². The van der Waals surface area contributed by atoms with Crippen molar-refractivity contribution in [2.24, 2.45) is 0 Å². The summed E-state index contributed by atoms with van der Waals surface area (Å²) in [5.41, 5.74) is 2.90. The molecule has 0 aliphatic rings. The average molecular weight is 380 g/mol. The first-order valence-electron chi connectivity index (χ1n) is 9.69. The fourth-order valence-corrected chi connectivity index (χ4v) is 3.60. The highest BCUT2D eigenvalue weighted by Gasteiger charge is 2.09. The largest absolute Gasteiger partial charge is 0.508 e. The van der Waals surface area contributed by atoms with Crippen molar-refractivity contribution in [3.05, 3.63) is 59.8 Å². The minimum Gasteiger partial charge on any atom is -0.508 e. The Bertz CT molecular complexity index is 933. The lowest BCUT2D eigenvalue weighted by atomic mass is 10.2. The second-order valence-corrected chi connectivity index (χ2v) is 7.25. The number of fused-ring (bicyclic) bond motifs is 1. The highest BCUT2D eigenvalue weighted by atomic mass is 16.5. The number of aldehydes is 1. The molecule has 0 amide bonds. The van der Waals surface area contributed by atoms with Crippen molar-refractivity contribution < 1.29 is 14.6 Å². The van der Waals surface area contributed by atoms with E-state index in [9.17, 15) is 9.90 Å². The Labute approximate surface area is 166 Å². The molecule has 0 atom stereocenters. The molecule has 0 fully saturated rings. The molecular weight excluding hydrogens is 352 g/mol. The summed E-state index contributed by atoms with van der Waals surface area (Å²) in [4.78, 5) is 13.7. The number of methoxy groups -OCH3 is 1. The van der Waals surface area contributed by atoms with Crippen LogP contribution in [-0.4, -0.2) is 41.6 Å². The molecular formula is C23H28N2O3. The molecule has 3 aromatic rings. The van der Waals surface area contributed by atoms with Gasteiger partial charge in [0.1, 0.15) is 11.5 Å². The maximum atomic E-state index is 11.4. The number of carbonyl (C=O) groups is 1. The van der Waals surface area contributed by atoms with E-state index in [1.807, 2.05) is 42.6 Å². The summed E-state index contributed by atoms with van der Waals surface area (Å²) >= 11 is 0. The van der Waals surface area contributed by atoms with Gasteiger partial charge in [-0.3, -0.25) is 4.79 Å². The highest BCUT2D eigenvalue weighted by Crippen LogP contribution is 2.25. The number of nitrogens with zero attached hydrogens (tertiary/aromatic N) is 2. The number of aromatic hydroxyl groups is 1. The highest BCUT2D eigenvalue weighted by molar-refractivity contribution is 5.98. The number of benzene rings is 2. The zero-order valence-electron chi connectivity index (χ0n) is 16.6. The lowest BCUT2D eigenvalue weighted by Gasteiger charge is -2.16. The van der Waals surface area contributed by atoms with E-state index in [2.05, 4.69) is 16.5 Å². The van der Waals surface area contributed by atoms with Crippen molar-refractivity contribution in [2.45, 2.75) is 32.4 Å². The molecule has 2 aromatic carbocycles.